The highest BCUT2D eigenvalue weighted by Crippen LogP contribution is 2.27. The van der Waals surface area contributed by atoms with Crippen LogP contribution in [0.25, 0.3) is 11.7 Å². The molecule has 37 heavy (non-hydrogen) atoms. The Hall–Kier alpha value is -4.06. The summed E-state index contributed by atoms with van der Waals surface area (Å²) in [5, 5.41) is 14.3. The summed E-state index contributed by atoms with van der Waals surface area (Å²) in [7, 11) is 0. The lowest BCUT2D eigenvalue weighted by molar-refractivity contribution is -0.134. The summed E-state index contributed by atoms with van der Waals surface area (Å²) in [6.07, 6.45) is 4.49. The number of carbonyl (C=O) groups excluding carboxylic acids is 2. The van der Waals surface area contributed by atoms with Crippen LogP contribution in [-0.2, 0) is 19.7 Å². The van der Waals surface area contributed by atoms with Gasteiger partial charge < -0.3 is 14.7 Å². The topological polar surface area (TPSA) is 143 Å². The van der Waals surface area contributed by atoms with Crippen molar-refractivity contribution in [3.8, 4) is 0 Å². The second kappa shape index (κ2) is 10.5. The lowest BCUT2D eigenvalue weighted by atomic mass is 9.93. The van der Waals surface area contributed by atoms with Crippen LogP contribution in [0.5, 0.6) is 0 Å². The van der Waals surface area contributed by atoms with E-state index in [-0.39, 0.29) is 34.1 Å². The summed E-state index contributed by atoms with van der Waals surface area (Å²) in [6, 6.07) is 2.98. The molecule has 1 amide bonds. The van der Waals surface area contributed by atoms with Crippen molar-refractivity contribution in [1.29, 1.82) is 0 Å². The molecule has 0 saturated carbocycles. The Morgan fingerprint density at radius 1 is 1.30 bits per heavy atom. The molecule has 0 radical (unpaired) electrons. The average molecular weight is 526 g/mol. The van der Waals surface area contributed by atoms with Crippen molar-refractivity contribution in [1.82, 2.24) is 14.4 Å². The lowest BCUT2D eigenvalue weighted by Crippen LogP contribution is -2.41. The zero-order valence-corrected chi connectivity index (χ0v) is 21.4. The second-order valence-corrected chi connectivity index (χ2v) is 10.5. The summed E-state index contributed by atoms with van der Waals surface area (Å²) in [4.78, 5) is 59.2. The number of aromatic nitrogens is 3. The molecule has 1 atom stereocenters. The molecule has 3 aromatic rings. The van der Waals surface area contributed by atoms with Gasteiger partial charge in [0, 0.05) is 35.2 Å². The number of amides is 1. The first-order chi connectivity index (χ1) is 17.6. The first kappa shape index (κ1) is 26.0. The third-order valence-corrected chi connectivity index (χ3v) is 6.68. The van der Waals surface area contributed by atoms with Gasteiger partial charge in [0.15, 0.2) is 5.13 Å². The van der Waals surface area contributed by atoms with E-state index in [1.165, 1.54) is 40.1 Å². The number of aliphatic carboxylic acids is 1. The smallest absolute Gasteiger partial charge is 0.328 e. The van der Waals surface area contributed by atoms with Crippen LogP contribution in [0.15, 0.2) is 34.6 Å². The number of carboxylic acid groups (broad SMARTS) is 1. The number of anilines is 2. The van der Waals surface area contributed by atoms with Crippen LogP contribution in [0, 0.1) is 0 Å². The van der Waals surface area contributed by atoms with Crippen molar-refractivity contribution >= 4 is 52.4 Å². The molecule has 1 aliphatic heterocycles. The Balaban J connectivity index is 1.72. The van der Waals surface area contributed by atoms with E-state index in [9.17, 15) is 19.2 Å². The lowest BCUT2D eigenvalue weighted by Gasteiger charge is -2.33. The van der Waals surface area contributed by atoms with E-state index >= 15 is 0 Å². The minimum absolute atomic E-state index is 0.0846. The van der Waals surface area contributed by atoms with Gasteiger partial charge in [0.25, 0.3) is 17.9 Å². The van der Waals surface area contributed by atoms with Crippen LogP contribution < -0.4 is 15.8 Å². The first-order valence-corrected chi connectivity index (χ1v) is 12.5. The standard InChI is InChI=1S/C25H27N5O6S/c1-25(2,3)18-13-37-24(26-18)28-22(34)15-8-10-30-19(11-15)27-21(17(23(30)35)6-7-20(32)33)29-9-4-5-16(12-29)36-14-31/h6-8,10-11,13-14,16H,4-5,9,12H2,1-3H3,(H,32,33)(H,26,28,34)/t16-/m0/s1. The molecule has 194 valence electrons. The van der Waals surface area contributed by atoms with Crippen molar-refractivity contribution in [2.24, 2.45) is 0 Å². The maximum absolute atomic E-state index is 13.3. The van der Waals surface area contributed by atoms with Crippen LogP contribution in [0.4, 0.5) is 10.9 Å². The number of carbonyl (C=O) groups is 3. The van der Waals surface area contributed by atoms with Crippen molar-refractivity contribution < 1.29 is 24.2 Å². The summed E-state index contributed by atoms with van der Waals surface area (Å²) in [5.41, 5.74) is 0.803. The van der Waals surface area contributed by atoms with E-state index in [1.54, 1.807) is 4.90 Å². The minimum Gasteiger partial charge on any atom is -0.478 e. The van der Waals surface area contributed by atoms with Gasteiger partial charge in [0.2, 0.25) is 0 Å². The number of nitrogens with one attached hydrogen (secondary N) is 1. The molecule has 1 aliphatic rings. The number of rotatable bonds is 7. The SMILES string of the molecule is CC(C)(C)c1csc(NC(=O)c2ccn3c(=O)c(C=CC(=O)O)c(N4CCC[C@H](OC=O)C4)nc3c2)n1. The molecule has 4 rings (SSSR count). The van der Waals surface area contributed by atoms with Gasteiger partial charge in [-0.15, -0.1) is 11.3 Å². The zero-order chi connectivity index (χ0) is 26.7. The van der Waals surface area contributed by atoms with E-state index < -0.39 is 17.4 Å². The van der Waals surface area contributed by atoms with Crippen molar-refractivity contribution in [2.45, 2.75) is 45.1 Å². The van der Waals surface area contributed by atoms with Gasteiger partial charge in [-0.1, -0.05) is 20.8 Å². The third kappa shape index (κ3) is 5.85. The molecule has 0 bridgehead atoms. The quantitative estimate of drug-likeness (QED) is 0.351. The fourth-order valence-corrected chi connectivity index (χ4v) is 4.92. The van der Waals surface area contributed by atoms with Gasteiger partial charge in [-0.2, -0.15) is 0 Å². The molecule has 0 spiro atoms. The Labute approximate surface area is 216 Å². The van der Waals surface area contributed by atoms with Gasteiger partial charge in [-0.3, -0.25) is 24.1 Å². The highest BCUT2D eigenvalue weighted by atomic mass is 32.1. The Kier molecular flexibility index (Phi) is 7.39. The normalized spacial score (nSPS) is 16.2. The summed E-state index contributed by atoms with van der Waals surface area (Å²) < 4.78 is 6.37. The molecule has 2 N–H and O–H groups in total. The number of nitrogens with zero attached hydrogens (tertiary/aromatic N) is 4. The minimum atomic E-state index is -1.21. The molecule has 1 saturated heterocycles. The van der Waals surface area contributed by atoms with Gasteiger partial charge in [-0.25, -0.2) is 14.8 Å². The molecule has 0 aromatic carbocycles. The molecule has 11 nitrogen and oxygen atoms in total. The summed E-state index contributed by atoms with van der Waals surface area (Å²) >= 11 is 1.33. The van der Waals surface area contributed by atoms with Crippen molar-refractivity contribution in [3.63, 3.8) is 0 Å². The summed E-state index contributed by atoms with van der Waals surface area (Å²) in [6.45, 7) is 7.33. The van der Waals surface area contributed by atoms with Crippen molar-refractivity contribution in [3.05, 3.63) is 57.0 Å². The number of thiazole rings is 1. The highest BCUT2D eigenvalue weighted by Gasteiger charge is 2.26. The number of fused-ring (bicyclic) bond motifs is 1. The number of hydrogen-bond acceptors (Lipinski definition) is 9. The van der Waals surface area contributed by atoms with Crippen molar-refractivity contribution in [2.75, 3.05) is 23.3 Å². The van der Waals surface area contributed by atoms with Gasteiger partial charge >= 0.3 is 5.97 Å². The van der Waals surface area contributed by atoms with Gasteiger partial charge in [0.1, 0.15) is 17.6 Å². The van der Waals surface area contributed by atoms with Gasteiger partial charge in [-0.05, 0) is 31.1 Å². The fourth-order valence-electron chi connectivity index (χ4n) is 3.99. The van der Waals surface area contributed by atoms with Gasteiger partial charge in [0.05, 0.1) is 17.8 Å². The van der Waals surface area contributed by atoms with Crippen LogP contribution >= 0.6 is 11.3 Å². The Bertz CT molecular complexity index is 1440. The Morgan fingerprint density at radius 3 is 2.76 bits per heavy atom. The predicted molar refractivity (Wildman–Crippen MR) is 139 cm³/mol. The molecular weight excluding hydrogens is 498 g/mol. The van der Waals surface area contributed by atoms with Crippen LogP contribution in [-0.4, -0.2) is 57.0 Å². The van der Waals surface area contributed by atoms with E-state index in [2.05, 4.69) is 15.3 Å². The van der Waals surface area contributed by atoms with E-state index in [1.807, 2.05) is 26.2 Å². The average Bonchev–Trinajstić information content (AvgIpc) is 3.32. The van der Waals surface area contributed by atoms with E-state index in [0.29, 0.717) is 37.5 Å². The maximum atomic E-state index is 13.3. The molecule has 3 aromatic heterocycles. The van der Waals surface area contributed by atoms with E-state index in [4.69, 9.17) is 9.84 Å². The van der Waals surface area contributed by atoms with Crippen LogP contribution in [0.1, 0.15) is 55.2 Å². The molecule has 1 fully saturated rings. The number of piperidine rings is 1. The zero-order valence-electron chi connectivity index (χ0n) is 20.6. The monoisotopic (exact) mass is 525 g/mol. The van der Waals surface area contributed by atoms with Crippen LogP contribution in [0.2, 0.25) is 0 Å². The molecule has 4 heterocycles. The number of pyridine rings is 1. The molecule has 12 heteroatoms. The maximum Gasteiger partial charge on any atom is 0.328 e. The highest BCUT2D eigenvalue weighted by molar-refractivity contribution is 7.14. The number of carboxylic acids is 1. The molecular formula is C25H27N5O6S. The first-order valence-electron chi connectivity index (χ1n) is 11.7. The Morgan fingerprint density at radius 2 is 2.08 bits per heavy atom. The second-order valence-electron chi connectivity index (χ2n) is 9.65. The fraction of sp³-hybridized carbons (Fsp3) is 0.360. The number of hydrogen-bond donors (Lipinski definition) is 2. The predicted octanol–water partition coefficient (Wildman–Crippen LogP) is 2.94. The molecule has 0 unspecified atom stereocenters. The van der Waals surface area contributed by atoms with Crippen LogP contribution in [0.3, 0.4) is 0 Å². The largest absolute Gasteiger partial charge is 0.478 e. The third-order valence-electron chi connectivity index (χ3n) is 5.92. The van der Waals surface area contributed by atoms with E-state index in [0.717, 1.165) is 11.8 Å². The summed E-state index contributed by atoms with van der Waals surface area (Å²) in [5.74, 6) is -1.35. The molecule has 0 aliphatic carbocycles. The number of ether oxygens (including phenoxy) is 1.